The first-order valence-electron chi connectivity index (χ1n) is 9.38. The van der Waals surface area contributed by atoms with Crippen molar-refractivity contribution in [2.45, 2.75) is 0 Å². The van der Waals surface area contributed by atoms with Crippen LogP contribution >= 0.6 is 23.8 Å². The Labute approximate surface area is 189 Å². The first kappa shape index (κ1) is 20.8. The highest BCUT2D eigenvalue weighted by Crippen LogP contribution is 2.26. The normalized spacial score (nSPS) is 15.2. The molecule has 3 aromatic carbocycles. The highest BCUT2D eigenvalue weighted by atomic mass is 35.5. The lowest BCUT2D eigenvalue weighted by Crippen LogP contribution is -2.54. The van der Waals surface area contributed by atoms with E-state index in [4.69, 9.17) is 28.6 Å². The first-order chi connectivity index (χ1) is 15.0. The molecule has 5 nitrogen and oxygen atoms in total. The van der Waals surface area contributed by atoms with Crippen LogP contribution in [0.5, 0.6) is 5.75 Å². The summed E-state index contributed by atoms with van der Waals surface area (Å²) < 4.78 is 5.19. The molecular weight excluding hydrogens is 432 g/mol. The second-order valence-electron chi connectivity index (χ2n) is 6.78. The summed E-state index contributed by atoms with van der Waals surface area (Å²) in [5.41, 5.74) is 3.29. The average molecular weight is 449 g/mol. The van der Waals surface area contributed by atoms with E-state index in [-0.39, 0.29) is 10.7 Å². The van der Waals surface area contributed by atoms with Gasteiger partial charge in [0.1, 0.15) is 11.3 Å². The number of benzene rings is 3. The smallest absolute Gasteiger partial charge is 0.270 e. The summed E-state index contributed by atoms with van der Waals surface area (Å²) in [7, 11) is 1.63. The van der Waals surface area contributed by atoms with E-state index in [0.717, 1.165) is 22.4 Å². The zero-order valence-electron chi connectivity index (χ0n) is 16.5. The molecule has 3 aromatic rings. The molecule has 1 aliphatic rings. The van der Waals surface area contributed by atoms with Crippen LogP contribution in [0.1, 0.15) is 5.56 Å². The summed E-state index contributed by atoms with van der Waals surface area (Å²) in [6.07, 6.45) is 1.56. The van der Waals surface area contributed by atoms with Crippen LogP contribution in [0.25, 0.3) is 17.2 Å². The third-order valence-electron chi connectivity index (χ3n) is 4.83. The number of amides is 2. The van der Waals surface area contributed by atoms with Crippen LogP contribution in [0.4, 0.5) is 5.69 Å². The van der Waals surface area contributed by atoms with E-state index in [1.54, 1.807) is 37.5 Å². The maximum Gasteiger partial charge on any atom is 0.270 e. The highest BCUT2D eigenvalue weighted by Gasteiger charge is 2.34. The highest BCUT2D eigenvalue weighted by molar-refractivity contribution is 7.80. The average Bonchev–Trinajstić information content (AvgIpc) is 2.78. The molecule has 31 heavy (non-hydrogen) atoms. The van der Waals surface area contributed by atoms with Crippen molar-refractivity contribution in [3.05, 3.63) is 89.0 Å². The maximum atomic E-state index is 13.0. The van der Waals surface area contributed by atoms with Crippen molar-refractivity contribution in [1.82, 2.24) is 5.32 Å². The standard InChI is InChI=1S/C24H17ClN2O3S/c1-30-20-12-6-17(7-13-20)16-4-2-15(3-5-16)14-21-22(28)26-24(31)27(23(21)29)19-10-8-18(25)9-11-19/h2-14H,1H3,(H,26,28,31)/b21-14-. The molecule has 1 fully saturated rings. The minimum Gasteiger partial charge on any atom is -0.497 e. The van der Waals surface area contributed by atoms with Gasteiger partial charge in [0.05, 0.1) is 12.8 Å². The lowest BCUT2D eigenvalue weighted by molar-refractivity contribution is -0.122. The van der Waals surface area contributed by atoms with Crippen molar-refractivity contribution >= 4 is 52.5 Å². The second kappa shape index (κ2) is 8.71. The van der Waals surface area contributed by atoms with E-state index in [9.17, 15) is 9.59 Å². The Morgan fingerprint density at radius 3 is 2.06 bits per heavy atom. The van der Waals surface area contributed by atoms with Crippen LogP contribution in [-0.4, -0.2) is 24.0 Å². The predicted octanol–water partition coefficient (Wildman–Crippen LogP) is 4.85. The van der Waals surface area contributed by atoms with Crippen LogP contribution in [0.2, 0.25) is 5.02 Å². The van der Waals surface area contributed by atoms with Crippen LogP contribution in [0, 0.1) is 0 Å². The number of nitrogens with zero attached hydrogens (tertiary/aromatic N) is 1. The van der Waals surface area contributed by atoms with Crippen molar-refractivity contribution < 1.29 is 14.3 Å². The van der Waals surface area contributed by atoms with E-state index in [0.29, 0.717) is 10.7 Å². The number of carbonyl (C=O) groups excluding carboxylic acids is 2. The summed E-state index contributed by atoms with van der Waals surface area (Å²) in [5.74, 6) is -0.232. The summed E-state index contributed by atoms with van der Waals surface area (Å²) in [4.78, 5) is 26.8. The Bertz CT molecular complexity index is 1190. The maximum absolute atomic E-state index is 13.0. The Balaban J connectivity index is 1.61. The zero-order chi connectivity index (χ0) is 22.0. The molecule has 1 N–H and O–H groups in total. The fourth-order valence-electron chi connectivity index (χ4n) is 3.20. The van der Waals surface area contributed by atoms with Gasteiger partial charge >= 0.3 is 0 Å². The quantitative estimate of drug-likeness (QED) is 0.352. The molecule has 0 saturated carbocycles. The number of hydrogen-bond donors (Lipinski definition) is 1. The van der Waals surface area contributed by atoms with Crippen LogP contribution in [0.3, 0.4) is 0 Å². The molecule has 7 heteroatoms. The van der Waals surface area contributed by atoms with E-state index in [1.807, 2.05) is 48.5 Å². The minimum absolute atomic E-state index is 0.000692. The topological polar surface area (TPSA) is 58.6 Å². The largest absolute Gasteiger partial charge is 0.497 e. The molecule has 1 saturated heterocycles. The van der Waals surface area contributed by atoms with Gasteiger partial charge in [-0.1, -0.05) is 48.0 Å². The van der Waals surface area contributed by atoms with Crippen molar-refractivity contribution in [3.63, 3.8) is 0 Å². The van der Waals surface area contributed by atoms with E-state index >= 15 is 0 Å². The van der Waals surface area contributed by atoms with E-state index in [1.165, 1.54) is 4.90 Å². The van der Waals surface area contributed by atoms with Gasteiger partial charge in [0.15, 0.2) is 5.11 Å². The molecule has 0 aromatic heterocycles. The lowest BCUT2D eigenvalue weighted by Gasteiger charge is -2.28. The summed E-state index contributed by atoms with van der Waals surface area (Å²) in [6.45, 7) is 0. The number of methoxy groups -OCH3 is 1. The fourth-order valence-corrected chi connectivity index (χ4v) is 3.61. The number of nitrogens with one attached hydrogen (secondary N) is 1. The van der Waals surface area contributed by atoms with Gasteiger partial charge in [-0.3, -0.25) is 19.8 Å². The molecule has 0 aliphatic carbocycles. The summed E-state index contributed by atoms with van der Waals surface area (Å²) in [6, 6.07) is 22.0. The molecule has 154 valence electrons. The van der Waals surface area contributed by atoms with Gasteiger partial charge in [0.25, 0.3) is 11.8 Å². The van der Waals surface area contributed by atoms with Crippen molar-refractivity contribution in [2.75, 3.05) is 12.0 Å². The zero-order valence-corrected chi connectivity index (χ0v) is 18.0. The van der Waals surface area contributed by atoms with Gasteiger partial charge in [-0.15, -0.1) is 0 Å². The molecule has 4 rings (SSSR count). The molecular formula is C24H17ClN2O3S. The molecule has 0 bridgehead atoms. The van der Waals surface area contributed by atoms with Gasteiger partial charge in [0.2, 0.25) is 0 Å². The first-order valence-corrected chi connectivity index (χ1v) is 10.2. The monoisotopic (exact) mass is 448 g/mol. The Morgan fingerprint density at radius 2 is 1.48 bits per heavy atom. The van der Waals surface area contributed by atoms with Crippen molar-refractivity contribution in [1.29, 1.82) is 0 Å². The van der Waals surface area contributed by atoms with Gasteiger partial charge in [0, 0.05) is 5.02 Å². The van der Waals surface area contributed by atoms with E-state index in [2.05, 4.69) is 5.32 Å². The molecule has 0 unspecified atom stereocenters. The number of halogens is 1. The molecule has 1 aliphatic heterocycles. The van der Waals surface area contributed by atoms with Crippen LogP contribution < -0.4 is 15.0 Å². The number of thiocarbonyl (C=S) groups is 1. The second-order valence-corrected chi connectivity index (χ2v) is 7.61. The minimum atomic E-state index is -0.528. The van der Waals surface area contributed by atoms with Gasteiger partial charge in [-0.05, 0) is 71.4 Å². The number of carbonyl (C=O) groups is 2. The van der Waals surface area contributed by atoms with E-state index < -0.39 is 11.8 Å². The third kappa shape index (κ3) is 4.35. The third-order valence-corrected chi connectivity index (χ3v) is 5.37. The van der Waals surface area contributed by atoms with Gasteiger partial charge in [-0.25, -0.2) is 0 Å². The Hall–Kier alpha value is -3.48. The molecule has 2 amide bonds. The van der Waals surface area contributed by atoms with Crippen LogP contribution in [0.15, 0.2) is 78.4 Å². The summed E-state index contributed by atoms with van der Waals surface area (Å²) in [5, 5.41) is 3.15. The van der Waals surface area contributed by atoms with Crippen molar-refractivity contribution in [2.24, 2.45) is 0 Å². The number of anilines is 1. The SMILES string of the molecule is COc1ccc(-c2ccc(/C=C3/C(=O)NC(=S)N(c4ccc(Cl)cc4)C3=O)cc2)cc1. The van der Waals surface area contributed by atoms with Gasteiger partial charge < -0.3 is 4.74 Å². The number of hydrogen-bond acceptors (Lipinski definition) is 4. The number of rotatable bonds is 4. The van der Waals surface area contributed by atoms with Gasteiger partial charge in [-0.2, -0.15) is 0 Å². The Morgan fingerprint density at radius 1 is 0.903 bits per heavy atom. The predicted molar refractivity (Wildman–Crippen MR) is 126 cm³/mol. The molecule has 0 spiro atoms. The Kier molecular flexibility index (Phi) is 5.84. The lowest BCUT2D eigenvalue weighted by atomic mass is 10.0. The van der Waals surface area contributed by atoms with Crippen molar-refractivity contribution in [3.8, 4) is 16.9 Å². The molecule has 0 atom stereocenters. The van der Waals surface area contributed by atoms with Crippen LogP contribution in [-0.2, 0) is 9.59 Å². The number of ether oxygens (including phenoxy) is 1. The fraction of sp³-hybridized carbons (Fsp3) is 0.0417. The molecule has 0 radical (unpaired) electrons. The summed E-state index contributed by atoms with van der Waals surface area (Å²) >= 11 is 11.1. The molecule has 1 heterocycles.